The van der Waals surface area contributed by atoms with Gasteiger partial charge in [-0.3, -0.25) is 0 Å². The SMILES string of the molecule is NCc1cc(S(=O)(=O)NCC2CSCCS2)cs1. The van der Waals surface area contributed by atoms with Gasteiger partial charge in [-0.2, -0.15) is 23.5 Å². The molecule has 8 heteroatoms. The molecule has 0 aromatic carbocycles. The highest BCUT2D eigenvalue weighted by molar-refractivity contribution is 8.06. The van der Waals surface area contributed by atoms with Crippen LogP contribution in [-0.2, 0) is 16.6 Å². The van der Waals surface area contributed by atoms with Gasteiger partial charge in [0, 0.05) is 45.9 Å². The van der Waals surface area contributed by atoms with Gasteiger partial charge in [-0.1, -0.05) is 0 Å². The lowest BCUT2D eigenvalue weighted by atomic mass is 10.5. The molecule has 18 heavy (non-hydrogen) atoms. The van der Waals surface area contributed by atoms with Gasteiger partial charge >= 0.3 is 0 Å². The van der Waals surface area contributed by atoms with Crippen LogP contribution in [0.25, 0.3) is 0 Å². The van der Waals surface area contributed by atoms with Crippen molar-refractivity contribution in [2.45, 2.75) is 16.7 Å². The van der Waals surface area contributed by atoms with Crippen molar-refractivity contribution in [1.29, 1.82) is 0 Å². The fourth-order valence-electron chi connectivity index (χ4n) is 1.55. The van der Waals surface area contributed by atoms with E-state index in [0.717, 1.165) is 22.1 Å². The van der Waals surface area contributed by atoms with Gasteiger partial charge in [-0.05, 0) is 6.07 Å². The van der Waals surface area contributed by atoms with Crippen molar-refractivity contribution in [3.05, 3.63) is 16.3 Å². The highest BCUT2D eigenvalue weighted by atomic mass is 32.2. The molecule has 1 atom stereocenters. The number of nitrogens with one attached hydrogen (secondary N) is 1. The molecule has 4 nitrogen and oxygen atoms in total. The molecule has 0 amide bonds. The lowest BCUT2D eigenvalue weighted by Gasteiger charge is -2.20. The zero-order chi connectivity index (χ0) is 13.0. The van der Waals surface area contributed by atoms with E-state index in [1.165, 1.54) is 11.3 Å². The Labute approximate surface area is 120 Å². The smallest absolute Gasteiger partial charge is 0.241 e. The van der Waals surface area contributed by atoms with Crippen molar-refractivity contribution in [2.75, 3.05) is 23.8 Å². The molecule has 1 fully saturated rings. The van der Waals surface area contributed by atoms with Gasteiger partial charge in [0.2, 0.25) is 10.0 Å². The van der Waals surface area contributed by atoms with Crippen LogP contribution in [0.2, 0.25) is 0 Å². The van der Waals surface area contributed by atoms with E-state index in [-0.39, 0.29) is 0 Å². The fourth-order valence-corrected chi connectivity index (χ4v) is 6.50. The first-order valence-corrected chi connectivity index (χ1v) is 10.1. The van der Waals surface area contributed by atoms with Gasteiger partial charge in [0.1, 0.15) is 0 Å². The molecule has 1 aliphatic heterocycles. The molecule has 0 aliphatic carbocycles. The first kappa shape index (κ1) is 14.7. The molecule has 1 aromatic rings. The summed E-state index contributed by atoms with van der Waals surface area (Å²) in [4.78, 5) is 1.22. The predicted octanol–water partition coefficient (Wildman–Crippen LogP) is 1.33. The zero-order valence-electron chi connectivity index (χ0n) is 9.79. The van der Waals surface area contributed by atoms with Crippen LogP contribution in [0.1, 0.15) is 4.88 Å². The number of hydrogen-bond acceptors (Lipinski definition) is 6. The maximum atomic E-state index is 12.0. The van der Waals surface area contributed by atoms with E-state index in [0.29, 0.717) is 23.2 Å². The minimum Gasteiger partial charge on any atom is -0.326 e. The minimum atomic E-state index is -3.37. The summed E-state index contributed by atoms with van der Waals surface area (Å²) in [6, 6.07) is 1.65. The van der Waals surface area contributed by atoms with Gasteiger partial charge < -0.3 is 5.73 Å². The molecule has 102 valence electrons. The third kappa shape index (κ3) is 3.88. The van der Waals surface area contributed by atoms with Crippen molar-refractivity contribution in [3.8, 4) is 0 Å². The van der Waals surface area contributed by atoms with Crippen molar-refractivity contribution in [2.24, 2.45) is 5.73 Å². The number of thiophene rings is 1. The second kappa shape index (κ2) is 6.62. The molecule has 2 rings (SSSR count). The number of nitrogens with two attached hydrogens (primary N) is 1. The van der Waals surface area contributed by atoms with Crippen LogP contribution in [0, 0.1) is 0 Å². The molecule has 0 spiro atoms. The number of thioether (sulfide) groups is 2. The van der Waals surface area contributed by atoms with E-state index in [4.69, 9.17) is 5.73 Å². The average molecular weight is 325 g/mol. The Morgan fingerprint density at radius 1 is 1.44 bits per heavy atom. The van der Waals surface area contributed by atoms with E-state index in [9.17, 15) is 8.42 Å². The van der Waals surface area contributed by atoms with Crippen LogP contribution in [-0.4, -0.2) is 37.5 Å². The van der Waals surface area contributed by atoms with Gasteiger partial charge in [-0.15, -0.1) is 11.3 Å². The quantitative estimate of drug-likeness (QED) is 0.855. The molecule has 0 saturated carbocycles. The Bertz CT molecular complexity index is 480. The third-order valence-electron chi connectivity index (χ3n) is 2.53. The molecule has 2 heterocycles. The number of hydrogen-bond donors (Lipinski definition) is 2. The van der Waals surface area contributed by atoms with Crippen LogP contribution in [0.4, 0.5) is 0 Å². The summed E-state index contributed by atoms with van der Waals surface area (Å²) in [5.41, 5.74) is 5.49. The molecular weight excluding hydrogens is 308 g/mol. The fraction of sp³-hybridized carbons (Fsp3) is 0.600. The van der Waals surface area contributed by atoms with Crippen LogP contribution >= 0.6 is 34.9 Å². The van der Waals surface area contributed by atoms with Gasteiger partial charge in [0.15, 0.2) is 0 Å². The molecule has 1 aliphatic rings. The number of rotatable bonds is 5. The van der Waals surface area contributed by atoms with Crippen molar-refractivity contribution in [1.82, 2.24) is 4.72 Å². The largest absolute Gasteiger partial charge is 0.326 e. The van der Waals surface area contributed by atoms with Crippen molar-refractivity contribution in [3.63, 3.8) is 0 Å². The first-order chi connectivity index (χ1) is 8.62. The van der Waals surface area contributed by atoms with E-state index in [2.05, 4.69) is 4.72 Å². The van der Waals surface area contributed by atoms with E-state index < -0.39 is 10.0 Å². The van der Waals surface area contributed by atoms with Crippen molar-refractivity contribution >= 4 is 44.9 Å². The second-order valence-corrected chi connectivity index (χ2v) is 9.19. The molecule has 1 saturated heterocycles. The molecule has 1 unspecified atom stereocenters. The summed E-state index contributed by atoms with van der Waals surface area (Å²) in [6.07, 6.45) is 0. The summed E-state index contributed by atoms with van der Waals surface area (Å²) >= 11 is 5.12. The monoisotopic (exact) mass is 324 g/mol. The molecule has 0 bridgehead atoms. The van der Waals surface area contributed by atoms with Crippen LogP contribution in [0.15, 0.2) is 16.3 Å². The maximum absolute atomic E-state index is 12.0. The second-order valence-electron chi connectivity index (χ2n) is 3.87. The summed E-state index contributed by atoms with van der Waals surface area (Å²) in [6.45, 7) is 0.892. The first-order valence-electron chi connectivity index (χ1n) is 5.58. The summed E-state index contributed by atoms with van der Waals surface area (Å²) in [5, 5.41) is 2.03. The normalized spacial score (nSPS) is 21.1. The zero-order valence-corrected chi connectivity index (χ0v) is 13.1. The molecular formula is C10H16N2O2S4. The highest BCUT2D eigenvalue weighted by Crippen LogP contribution is 2.24. The highest BCUT2D eigenvalue weighted by Gasteiger charge is 2.20. The minimum absolute atomic E-state index is 0.335. The van der Waals surface area contributed by atoms with E-state index in [1.54, 1.807) is 11.4 Å². The molecule has 3 N–H and O–H groups in total. The van der Waals surface area contributed by atoms with E-state index >= 15 is 0 Å². The Kier molecular flexibility index (Phi) is 5.40. The Morgan fingerprint density at radius 2 is 2.28 bits per heavy atom. The molecule has 1 aromatic heterocycles. The topological polar surface area (TPSA) is 72.2 Å². The Morgan fingerprint density at radius 3 is 2.89 bits per heavy atom. The van der Waals surface area contributed by atoms with Crippen molar-refractivity contribution < 1.29 is 8.42 Å². The summed E-state index contributed by atoms with van der Waals surface area (Å²) in [7, 11) is -3.37. The third-order valence-corrected chi connectivity index (χ3v) is 7.88. The van der Waals surface area contributed by atoms with E-state index in [1.807, 2.05) is 23.5 Å². The lowest BCUT2D eigenvalue weighted by Crippen LogP contribution is -2.33. The van der Waals surface area contributed by atoms with Crippen LogP contribution < -0.4 is 10.5 Å². The Hall–Kier alpha value is 0.270. The number of sulfonamides is 1. The predicted molar refractivity (Wildman–Crippen MR) is 81.0 cm³/mol. The summed E-state index contributed by atoms with van der Waals surface area (Å²) < 4.78 is 26.8. The molecule has 0 radical (unpaired) electrons. The Balaban J connectivity index is 1.94. The van der Waals surface area contributed by atoms with Gasteiger partial charge in [0.25, 0.3) is 0 Å². The van der Waals surface area contributed by atoms with Crippen LogP contribution in [0.3, 0.4) is 0 Å². The van der Waals surface area contributed by atoms with Gasteiger partial charge in [-0.25, -0.2) is 13.1 Å². The standard InChI is InChI=1S/C10H16N2O2S4/c11-4-8-3-10(7-17-8)18(13,14)12-5-9-6-15-1-2-16-9/h3,7,9,12H,1-2,4-6,11H2. The van der Waals surface area contributed by atoms with Crippen LogP contribution in [0.5, 0.6) is 0 Å². The maximum Gasteiger partial charge on any atom is 0.241 e. The average Bonchev–Trinajstić information content (AvgIpc) is 2.87. The van der Waals surface area contributed by atoms with Gasteiger partial charge in [0.05, 0.1) is 4.90 Å². The summed E-state index contributed by atoms with van der Waals surface area (Å²) in [5.74, 6) is 3.29. The lowest BCUT2D eigenvalue weighted by molar-refractivity contribution is 0.582.